The molecule has 0 unspecified atom stereocenters. The molecule has 6 nitrogen and oxygen atoms in total. The molecule has 15 heavy (non-hydrogen) atoms. The molecule has 6 heteroatoms. The average Bonchev–Trinajstić information content (AvgIpc) is 2.70. The number of nitrogens with zero attached hydrogens (tertiary/aromatic N) is 3. The first kappa shape index (κ1) is 11.6. The fourth-order valence-electron chi connectivity index (χ4n) is 1.14. The minimum absolute atomic E-state index is 0.0306. The van der Waals surface area contributed by atoms with Gasteiger partial charge in [-0.15, -0.1) is 5.10 Å². The summed E-state index contributed by atoms with van der Waals surface area (Å²) >= 11 is 0. The SMILES string of the molecule is CCNCCCNC(=O)Cn1ccnn1. The molecule has 0 aliphatic rings. The normalized spacial score (nSPS) is 10.2. The highest BCUT2D eigenvalue weighted by molar-refractivity contribution is 5.75. The molecular formula is C9H17N5O. The summed E-state index contributed by atoms with van der Waals surface area (Å²) in [4.78, 5) is 11.3. The lowest BCUT2D eigenvalue weighted by Gasteiger charge is -2.04. The first-order valence-electron chi connectivity index (χ1n) is 5.14. The zero-order chi connectivity index (χ0) is 10.9. The van der Waals surface area contributed by atoms with Gasteiger partial charge < -0.3 is 10.6 Å². The number of rotatable bonds is 7. The number of hydrogen-bond donors (Lipinski definition) is 2. The Labute approximate surface area is 89.0 Å². The summed E-state index contributed by atoms with van der Waals surface area (Å²) in [6.07, 6.45) is 4.16. The van der Waals surface area contributed by atoms with Crippen molar-refractivity contribution in [3.8, 4) is 0 Å². The average molecular weight is 211 g/mol. The van der Waals surface area contributed by atoms with Crippen LogP contribution in [0.2, 0.25) is 0 Å². The number of hydrogen-bond acceptors (Lipinski definition) is 4. The van der Waals surface area contributed by atoms with Gasteiger partial charge in [-0.1, -0.05) is 12.1 Å². The second-order valence-corrected chi connectivity index (χ2v) is 3.16. The Morgan fingerprint density at radius 1 is 1.47 bits per heavy atom. The number of carbonyl (C=O) groups is 1. The van der Waals surface area contributed by atoms with Crippen molar-refractivity contribution < 1.29 is 4.79 Å². The molecule has 0 fully saturated rings. The van der Waals surface area contributed by atoms with Gasteiger partial charge >= 0.3 is 0 Å². The van der Waals surface area contributed by atoms with Crippen molar-refractivity contribution in [3.05, 3.63) is 12.4 Å². The van der Waals surface area contributed by atoms with Crippen LogP contribution < -0.4 is 10.6 Å². The van der Waals surface area contributed by atoms with Crippen molar-refractivity contribution in [1.29, 1.82) is 0 Å². The summed E-state index contributed by atoms with van der Waals surface area (Å²) in [7, 11) is 0. The van der Waals surface area contributed by atoms with Crippen LogP contribution in [0.5, 0.6) is 0 Å². The van der Waals surface area contributed by atoms with Crippen LogP contribution in [-0.2, 0) is 11.3 Å². The molecule has 1 rings (SSSR count). The fourth-order valence-corrected chi connectivity index (χ4v) is 1.14. The van der Waals surface area contributed by atoms with Crippen molar-refractivity contribution >= 4 is 5.91 Å². The Morgan fingerprint density at radius 3 is 3.00 bits per heavy atom. The third kappa shape index (κ3) is 5.11. The van der Waals surface area contributed by atoms with E-state index >= 15 is 0 Å². The molecule has 0 saturated carbocycles. The molecule has 1 heterocycles. The summed E-state index contributed by atoms with van der Waals surface area (Å²) in [5, 5.41) is 13.3. The standard InChI is InChI=1S/C9H17N5O/c1-2-10-4-3-5-11-9(15)8-14-7-6-12-13-14/h6-7,10H,2-5,8H2,1H3,(H,11,15). The quantitative estimate of drug-likeness (QED) is 0.590. The Kier molecular flexibility index (Phi) is 5.39. The fraction of sp³-hybridized carbons (Fsp3) is 0.667. The molecule has 0 radical (unpaired) electrons. The van der Waals surface area contributed by atoms with Crippen molar-refractivity contribution in [2.24, 2.45) is 0 Å². The molecule has 2 N–H and O–H groups in total. The van der Waals surface area contributed by atoms with Gasteiger partial charge in [0, 0.05) is 12.7 Å². The smallest absolute Gasteiger partial charge is 0.241 e. The van der Waals surface area contributed by atoms with Gasteiger partial charge in [-0.25, -0.2) is 4.68 Å². The monoisotopic (exact) mass is 211 g/mol. The minimum Gasteiger partial charge on any atom is -0.354 e. The van der Waals surface area contributed by atoms with Crippen LogP contribution in [-0.4, -0.2) is 40.5 Å². The summed E-state index contributed by atoms with van der Waals surface area (Å²) in [6.45, 7) is 4.89. The van der Waals surface area contributed by atoms with Crippen LogP contribution in [0.25, 0.3) is 0 Å². The van der Waals surface area contributed by atoms with Crippen LogP contribution in [0.1, 0.15) is 13.3 Å². The highest BCUT2D eigenvalue weighted by Crippen LogP contribution is 1.81. The highest BCUT2D eigenvalue weighted by Gasteiger charge is 2.01. The number of amides is 1. The summed E-state index contributed by atoms with van der Waals surface area (Å²) < 4.78 is 1.50. The van der Waals surface area contributed by atoms with Crippen molar-refractivity contribution in [2.45, 2.75) is 19.9 Å². The van der Waals surface area contributed by atoms with Crippen LogP contribution in [0.4, 0.5) is 0 Å². The largest absolute Gasteiger partial charge is 0.354 e. The third-order valence-electron chi connectivity index (χ3n) is 1.88. The zero-order valence-electron chi connectivity index (χ0n) is 8.94. The molecule has 0 aliphatic heterocycles. The molecule has 0 atom stereocenters. The third-order valence-corrected chi connectivity index (χ3v) is 1.88. The number of nitrogens with one attached hydrogen (secondary N) is 2. The van der Waals surface area contributed by atoms with Gasteiger partial charge in [0.1, 0.15) is 6.54 Å². The van der Waals surface area contributed by atoms with Gasteiger partial charge in [0.15, 0.2) is 0 Å². The van der Waals surface area contributed by atoms with E-state index < -0.39 is 0 Å². The van der Waals surface area contributed by atoms with Gasteiger partial charge in [-0.05, 0) is 19.5 Å². The second-order valence-electron chi connectivity index (χ2n) is 3.16. The summed E-state index contributed by atoms with van der Waals surface area (Å²) in [5.74, 6) is -0.0306. The predicted molar refractivity (Wildman–Crippen MR) is 56.2 cm³/mol. The first-order valence-corrected chi connectivity index (χ1v) is 5.14. The van der Waals surface area contributed by atoms with E-state index in [0.717, 1.165) is 19.5 Å². The van der Waals surface area contributed by atoms with E-state index in [1.165, 1.54) is 4.68 Å². The lowest BCUT2D eigenvalue weighted by Crippen LogP contribution is -2.30. The maximum absolute atomic E-state index is 11.3. The predicted octanol–water partition coefficient (Wildman–Crippen LogP) is -0.606. The highest BCUT2D eigenvalue weighted by atomic mass is 16.2. The van der Waals surface area contributed by atoms with Gasteiger partial charge in [0.05, 0.1) is 6.20 Å². The molecule has 0 aromatic carbocycles. The van der Waals surface area contributed by atoms with Crippen LogP contribution in [0.3, 0.4) is 0 Å². The van der Waals surface area contributed by atoms with Crippen LogP contribution in [0, 0.1) is 0 Å². The molecule has 1 amide bonds. The molecule has 1 aromatic heterocycles. The maximum atomic E-state index is 11.3. The number of carbonyl (C=O) groups excluding carboxylic acids is 1. The lowest BCUT2D eigenvalue weighted by molar-refractivity contribution is -0.121. The molecule has 84 valence electrons. The van der Waals surface area contributed by atoms with Crippen LogP contribution in [0.15, 0.2) is 12.4 Å². The van der Waals surface area contributed by atoms with E-state index in [4.69, 9.17) is 0 Å². The Balaban J connectivity index is 2.04. The summed E-state index contributed by atoms with van der Waals surface area (Å²) in [5.41, 5.74) is 0. The topological polar surface area (TPSA) is 71.8 Å². The number of aromatic nitrogens is 3. The van der Waals surface area contributed by atoms with Crippen molar-refractivity contribution in [2.75, 3.05) is 19.6 Å². The molecule has 0 bridgehead atoms. The molecular weight excluding hydrogens is 194 g/mol. The van der Waals surface area contributed by atoms with Gasteiger partial charge in [0.2, 0.25) is 5.91 Å². The van der Waals surface area contributed by atoms with E-state index in [2.05, 4.69) is 27.9 Å². The van der Waals surface area contributed by atoms with Gasteiger partial charge in [0.25, 0.3) is 0 Å². The molecule has 1 aromatic rings. The minimum atomic E-state index is -0.0306. The Hall–Kier alpha value is -1.43. The zero-order valence-corrected chi connectivity index (χ0v) is 8.94. The van der Waals surface area contributed by atoms with Crippen molar-refractivity contribution in [1.82, 2.24) is 25.6 Å². The van der Waals surface area contributed by atoms with Crippen molar-refractivity contribution in [3.63, 3.8) is 0 Å². The molecule has 0 saturated heterocycles. The van der Waals surface area contributed by atoms with Gasteiger partial charge in [-0.3, -0.25) is 4.79 Å². The maximum Gasteiger partial charge on any atom is 0.241 e. The van der Waals surface area contributed by atoms with E-state index in [-0.39, 0.29) is 12.5 Å². The Morgan fingerprint density at radius 2 is 2.33 bits per heavy atom. The first-order chi connectivity index (χ1) is 7.33. The van der Waals surface area contributed by atoms with E-state index in [0.29, 0.717) is 6.54 Å². The second kappa shape index (κ2) is 6.94. The van der Waals surface area contributed by atoms with E-state index in [1.807, 2.05) is 0 Å². The van der Waals surface area contributed by atoms with E-state index in [1.54, 1.807) is 12.4 Å². The summed E-state index contributed by atoms with van der Waals surface area (Å²) in [6, 6.07) is 0. The van der Waals surface area contributed by atoms with Crippen LogP contribution >= 0.6 is 0 Å². The molecule has 0 aliphatic carbocycles. The Bertz CT molecular complexity index is 272. The lowest BCUT2D eigenvalue weighted by atomic mass is 10.4. The molecule has 0 spiro atoms. The van der Waals surface area contributed by atoms with E-state index in [9.17, 15) is 4.79 Å². The van der Waals surface area contributed by atoms with Gasteiger partial charge in [-0.2, -0.15) is 0 Å².